The van der Waals surface area contributed by atoms with E-state index >= 15 is 0 Å². The number of nitrogens with zero attached hydrogens (tertiary/aromatic N) is 2. The summed E-state index contributed by atoms with van der Waals surface area (Å²) in [5.74, 6) is -0.266. The van der Waals surface area contributed by atoms with Crippen molar-refractivity contribution in [2.45, 2.75) is 6.43 Å². The van der Waals surface area contributed by atoms with Gasteiger partial charge in [0.05, 0.1) is 12.0 Å². The van der Waals surface area contributed by atoms with Crippen molar-refractivity contribution in [3.05, 3.63) is 26.9 Å². The standard InChI is InChI=1S/C7H5ClF2N2O3/c1-15-7-5(8)4(6(9)10)3(2-11-7)12(13)14/h2,6H,1H3. The Balaban J connectivity index is 3.44. The van der Waals surface area contributed by atoms with Gasteiger partial charge in [-0.15, -0.1) is 0 Å². The Morgan fingerprint density at radius 2 is 2.27 bits per heavy atom. The van der Waals surface area contributed by atoms with Gasteiger partial charge in [-0.25, -0.2) is 13.8 Å². The van der Waals surface area contributed by atoms with Crippen LogP contribution in [0.3, 0.4) is 0 Å². The molecule has 0 saturated carbocycles. The van der Waals surface area contributed by atoms with Crippen molar-refractivity contribution >= 4 is 17.3 Å². The second-order valence-electron chi connectivity index (χ2n) is 2.44. The first-order valence-electron chi connectivity index (χ1n) is 3.64. The monoisotopic (exact) mass is 238 g/mol. The SMILES string of the molecule is COc1ncc([N+](=O)[O-])c(C(F)F)c1Cl. The molecule has 0 aliphatic carbocycles. The maximum absolute atomic E-state index is 12.5. The molecule has 1 aromatic heterocycles. The number of rotatable bonds is 3. The Morgan fingerprint density at radius 3 is 2.67 bits per heavy atom. The van der Waals surface area contributed by atoms with Crippen LogP contribution in [-0.4, -0.2) is 17.0 Å². The summed E-state index contributed by atoms with van der Waals surface area (Å²) in [6, 6.07) is 0. The predicted octanol–water partition coefficient (Wildman–Crippen LogP) is 2.59. The first-order chi connectivity index (χ1) is 6.99. The lowest BCUT2D eigenvalue weighted by atomic mass is 10.2. The summed E-state index contributed by atoms with van der Waals surface area (Å²) in [5, 5.41) is 9.87. The smallest absolute Gasteiger partial charge is 0.298 e. The van der Waals surface area contributed by atoms with Gasteiger partial charge in [0.2, 0.25) is 5.88 Å². The number of methoxy groups -OCH3 is 1. The van der Waals surface area contributed by atoms with Gasteiger partial charge in [0.25, 0.3) is 12.1 Å². The zero-order valence-corrected chi connectivity index (χ0v) is 8.16. The third kappa shape index (κ3) is 2.12. The molecule has 0 aliphatic rings. The Labute approximate surface area is 87.8 Å². The van der Waals surface area contributed by atoms with E-state index in [0.29, 0.717) is 6.20 Å². The predicted molar refractivity (Wildman–Crippen MR) is 47.4 cm³/mol. The normalized spacial score (nSPS) is 10.5. The van der Waals surface area contributed by atoms with Crippen LogP contribution < -0.4 is 4.74 Å². The zero-order valence-electron chi connectivity index (χ0n) is 7.41. The molecule has 1 rings (SSSR count). The molecule has 5 nitrogen and oxygen atoms in total. The fourth-order valence-corrected chi connectivity index (χ4v) is 1.27. The van der Waals surface area contributed by atoms with Gasteiger partial charge in [-0.1, -0.05) is 11.6 Å². The van der Waals surface area contributed by atoms with E-state index in [1.165, 1.54) is 7.11 Å². The molecule has 15 heavy (non-hydrogen) atoms. The molecule has 0 amide bonds. The number of nitro groups is 1. The number of hydrogen-bond donors (Lipinski definition) is 0. The van der Waals surface area contributed by atoms with Crippen molar-refractivity contribution in [1.29, 1.82) is 0 Å². The van der Waals surface area contributed by atoms with E-state index in [9.17, 15) is 18.9 Å². The largest absolute Gasteiger partial charge is 0.480 e. The summed E-state index contributed by atoms with van der Waals surface area (Å²) in [4.78, 5) is 12.9. The lowest BCUT2D eigenvalue weighted by Crippen LogP contribution is -2.00. The third-order valence-corrected chi connectivity index (χ3v) is 1.98. The van der Waals surface area contributed by atoms with Crippen molar-refractivity contribution in [2.24, 2.45) is 0 Å². The summed E-state index contributed by atoms with van der Waals surface area (Å²) in [6.45, 7) is 0. The fraction of sp³-hybridized carbons (Fsp3) is 0.286. The highest BCUT2D eigenvalue weighted by Gasteiger charge is 2.28. The molecule has 8 heteroatoms. The van der Waals surface area contributed by atoms with Crippen LogP contribution in [0.25, 0.3) is 0 Å². The molecule has 1 aromatic rings. The van der Waals surface area contributed by atoms with Gasteiger partial charge in [0.15, 0.2) is 0 Å². The highest BCUT2D eigenvalue weighted by molar-refractivity contribution is 6.33. The minimum Gasteiger partial charge on any atom is -0.480 e. The molecule has 0 unspecified atom stereocenters. The molecular weight excluding hydrogens is 234 g/mol. The van der Waals surface area contributed by atoms with E-state index in [1.807, 2.05) is 0 Å². The van der Waals surface area contributed by atoms with Gasteiger partial charge in [-0.3, -0.25) is 10.1 Å². The van der Waals surface area contributed by atoms with Gasteiger partial charge in [-0.2, -0.15) is 0 Å². The van der Waals surface area contributed by atoms with Crippen LogP contribution in [0, 0.1) is 10.1 Å². The molecule has 0 radical (unpaired) electrons. The molecule has 82 valence electrons. The van der Waals surface area contributed by atoms with E-state index in [2.05, 4.69) is 9.72 Å². The van der Waals surface area contributed by atoms with E-state index in [0.717, 1.165) is 0 Å². The lowest BCUT2D eigenvalue weighted by molar-refractivity contribution is -0.386. The molecule has 0 bridgehead atoms. The Bertz CT molecular complexity index is 400. The molecule has 0 atom stereocenters. The number of halogens is 3. The Hall–Kier alpha value is -1.50. The summed E-state index contributed by atoms with van der Waals surface area (Å²) < 4.78 is 29.6. The minimum atomic E-state index is -3.06. The van der Waals surface area contributed by atoms with Gasteiger partial charge in [0, 0.05) is 0 Å². The van der Waals surface area contributed by atoms with Crippen LogP contribution in [-0.2, 0) is 0 Å². The van der Waals surface area contributed by atoms with E-state index in [4.69, 9.17) is 11.6 Å². The fourth-order valence-electron chi connectivity index (χ4n) is 0.969. The highest BCUT2D eigenvalue weighted by atomic mass is 35.5. The quantitative estimate of drug-likeness (QED) is 0.600. The van der Waals surface area contributed by atoms with Crippen molar-refractivity contribution in [3.63, 3.8) is 0 Å². The van der Waals surface area contributed by atoms with Crippen molar-refractivity contribution < 1.29 is 18.4 Å². The topological polar surface area (TPSA) is 65.3 Å². The third-order valence-electron chi connectivity index (χ3n) is 1.61. The minimum absolute atomic E-state index is 0.266. The van der Waals surface area contributed by atoms with E-state index < -0.39 is 27.6 Å². The second-order valence-corrected chi connectivity index (χ2v) is 2.82. The molecule has 0 N–H and O–H groups in total. The zero-order chi connectivity index (χ0) is 11.6. The molecule has 0 aliphatic heterocycles. The van der Waals surface area contributed by atoms with E-state index in [1.54, 1.807) is 0 Å². The summed E-state index contributed by atoms with van der Waals surface area (Å²) in [7, 11) is 1.18. The van der Waals surface area contributed by atoms with Gasteiger partial charge >= 0.3 is 0 Å². The van der Waals surface area contributed by atoms with E-state index in [-0.39, 0.29) is 5.88 Å². The number of aromatic nitrogens is 1. The van der Waals surface area contributed by atoms with Crippen LogP contribution in [0.15, 0.2) is 6.20 Å². The van der Waals surface area contributed by atoms with Crippen LogP contribution in [0.1, 0.15) is 12.0 Å². The number of alkyl halides is 2. The van der Waals surface area contributed by atoms with Gasteiger partial charge in [-0.05, 0) is 0 Å². The second kappa shape index (κ2) is 4.35. The number of hydrogen-bond acceptors (Lipinski definition) is 4. The summed E-state index contributed by atoms with van der Waals surface area (Å²) in [6.07, 6.45) is -2.37. The maximum atomic E-state index is 12.5. The molecule has 0 fully saturated rings. The molecule has 0 saturated heterocycles. The first-order valence-corrected chi connectivity index (χ1v) is 4.01. The van der Waals surface area contributed by atoms with Crippen molar-refractivity contribution in [1.82, 2.24) is 4.98 Å². The van der Waals surface area contributed by atoms with Crippen LogP contribution >= 0.6 is 11.6 Å². The maximum Gasteiger partial charge on any atom is 0.298 e. The molecular formula is C7H5ClF2N2O3. The Morgan fingerprint density at radius 1 is 1.67 bits per heavy atom. The number of pyridine rings is 1. The van der Waals surface area contributed by atoms with Gasteiger partial charge < -0.3 is 4.74 Å². The van der Waals surface area contributed by atoms with Crippen molar-refractivity contribution in [3.8, 4) is 5.88 Å². The van der Waals surface area contributed by atoms with Crippen LogP contribution in [0.2, 0.25) is 5.02 Å². The van der Waals surface area contributed by atoms with Gasteiger partial charge in [0.1, 0.15) is 16.8 Å². The first kappa shape index (κ1) is 11.6. The molecule has 0 aromatic carbocycles. The average molecular weight is 239 g/mol. The molecule has 1 heterocycles. The van der Waals surface area contributed by atoms with Crippen molar-refractivity contribution in [2.75, 3.05) is 7.11 Å². The van der Waals surface area contributed by atoms with Crippen LogP contribution in [0.5, 0.6) is 5.88 Å². The Kier molecular flexibility index (Phi) is 3.35. The van der Waals surface area contributed by atoms with Crippen LogP contribution in [0.4, 0.5) is 14.5 Å². The summed E-state index contributed by atoms with van der Waals surface area (Å²) >= 11 is 5.48. The average Bonchev–Trinajstić information content (AvgIpc) is 2.16. The summed E-state index contributed by atoms with van der Waals surface area (Å²) in [5.41, 5.74) is -1.70. The lowest BCUT2D eigenvalue weighted by Gasteiger charge is -2.06. The molecule has 0 spiro atoms. The number of ether oxygens (including phenoxy) is 1. The highest BCUT2D eigenvalue weighted by Crippen LogP contribution is 2.38.